The lowest BCUT2D eigenvalue weighted by molar-refractivity contribution is 0.0698. The van der Waals surface area contributed by atoms with E-state index in [4.69, 9.17) is 9.47 Å². The zero-order valence-electron chi connectivity index (χ0n) is 13.6. The third-order valence-electron chi connectivity index (χ3n) is 3.46. The van der Waals surface area contributed by atoms with Gasteiger partial charge in [-0.1, -0.05) is 0 Å². The number of aliphatic imine (C=N–C) groups is 1. The molecule has 2 N–H and O–H groups in total. The Labute approximate surface area is 146 Å². The van der Waals surface area contributed by atoms with E-state index in [1.807, 2.05) is 7.05 Å². The molecule has 1 unspecified atom stereocenters. The lowest BCUT2D eigenvalue weighted by atomic mass is 10.1. The van der Waals surface area contributed by atoms with Crippen molar-refractivity contribution in [2.75, 3.05) is 67.2 Å². The fraction of sp³-hybridized carbons (Fsp3) is 0.929. The Morgan fingerprint density at radius 1 is 1.29 bits per heavy atom. The normalized spacial score (nSPS) is 19.4. The van der Waals surface area contributed by atoms with Gasteiger partial charge in [-0.2, -0.15) is 0 Å². The van der Waals surface area contributed by atoms with E-state index in [1.165, 1.54) is 19.5 Å². The van der Waals surface area contributed by atoms with Crippen LogP contribution in [0.3, 0.4) is 0 Å². The van der Waals surface area contributed by atoms with Gasteiger partial charge in [0.1, 0.15) is 0 Å². The fourth-order valence-corrected chi connectivity index (χ4v) is 2.28. The average molecular weight is 414 g/mol. The molecular weight excluding hydrogens is 383 g/mol. The largest absolute Gasteiger partial charge is 0.382 e. The highest BCUT2D eigenvalue weighted by Crippen LogP contribution is 2.12. The number of nitrogens with zero attached hydrogens (tertiary/aromatic N) is 2. The second-order valence-corrected chi connectivity index (χ2v) is 5.26. The third kappa shape index (κ3) is 10.3. The van der Waals surface area contributed by atoms with Crippen LogP contribution in [0.1, 0.15) is 12.8 Å². The first-order valence-electron chi connectivity index (χ1n) is 7.46. The quantitative estimate of drug-likeness (QED) is 0.253. The van der Waals surface area contributed by atoms with Crippen LogP contribution in [-0.2, 0) is 9.47 Å². The molecule has 1 heterocycles. The minimum Gasteiger partial charge on any atom is -0.382 e. The Bertz CT molecular complexity index is 280. The van der Waals surface area contributed by atoms with Crippen molar-refractivity contribution in [1.82, 2.24) is 15.5 Å². The highest BCUT2D eigenvalue weighted by atomic mass is 127. The third-order valence-corrected chi connectivity index (χ3v) is 3.46. The fourth-order valence-electron chi connectivity index (χ4n) is 2.28. The molecule has 0 radical (unpaired) electrons. The first kappa shape index (κ1) is 20.9. The molecule has 0 aromatic carbocycles. The molecule has 0 bridgehead atoms. The van der Waals surface area contributed by atoms with Crippen molar-refractivity contribution < 1.29 is 9.47 Å². The van der Waals surface area contributed by atoms with Gasteiger partial charge in [-0.3, -0.25) is 4.99 Å². The molecule has 126 valence electrons. The van der Waals surface area contributed by atoms with Crippen LogP contribution in [-0.4, -0.2) is 78.1 Å². The highest BCUT2D eigenvalue weighted by molar-refractivity contribution is 14.0. The standard InChI is InChI=1S/C14H30N4O2.HI/c1-15-14(16-6-4-8-20-10-9-19-3)17-11-13-5-7-18(2)12-13;/h13H,4-12H2,1-3H3,(H2,15,16,17);1H. The summed E-state index contributed by atoms with van der Waals surface area (Å²) in [7, 11) is 5.67. The van der Waals surface area contributed by atoms with Crippen LogP contribution in [0.4, 0.5) is 0 Å². The maximum absolute atomic E-state index is 5.41. The minimum absolute atomic E-state index is 0. The van der Waals surface area contributed by atoms with E-state index in [-0.39, 0.29) is 24.0 Å². The van der Waals surface area contributed by atoms with Gasteiger partial charge in [0.25, 0.3) is 0 Å². The molecule has 21 heavy (non-hydrogen) atoms. The van der Waals surface area contributed by atoms with Gasteiger partial charge in [-0.25, -0.2) is 0 Å². The maximum Gasteiger partial charge on any atom is 0.190 e. The zero-order chi connectivity index (χ0) is 14.6. The average Bonchev–Trinajstić information content (AvgIpc) is 2.87. The van der Waals surface area contributed by atoms with E-state index in [9.17, 15) is 0 Å². The Morgan fingerprint density at radius 3 is 2.71 bits per heavy atom. The second-order valence-electron chi connectivity index (χ2n) is 5.26. The van der Waals surface area contributed by atoms with Crippen molar-refractivity contribution in [3.05, 3.63) is 0 Å². The number of hydrogen-bond donors (Lipinski definition) is 2. The van der Waals surface area contributed by atoms with Crippen LogP contribution in [0, 0.1) is 5.92 Å². The first-order valence-corrected chi connectivity index (χ1v) is 7.46. The van der Waals surface area contributed by atoms with Crippen LogP contribution in [0.25, 0.3) is 0 Å². The van der Waals surface area contributed by atoms with Gasteiger partial charge in [-0.05, 0) is 32.4 Å². The number of rotatable bonds is 9. The molecule has 1 saturated heterocycles. The molecule has 0 aromatic heterocycles. The monoisotopic (exact) mass is 414 g/mol. The number of hydrogen-bond acceptors (Lipinski definition) is 4. The summed E-state index contributed by atoms with van der Waals surface area (Å²) in [5, 5.41) is 6.70. The molecule has 1 atom stereocenters. The summed E-state index contributed by atoms with van der Waals surface area (Å²) in [6.07, 6.45) is 2.24. The van der Waals surface area contributed by atoms with Crippen LogP contribution in [0.15, 0.2) is 4.99 Å². The number of guanidine groups is 1. The van der Waals surface area contributed by atoms with Gasteiger partial charge in [0, 0.05) is 40.4 Å². The summed E-state index contributed by atoms with van der Waals surface area (Å²) < 4.78 is 10.3. The molecule has 1 aliphatic heterocycles. The number of halogens is 1. The van der Waals surface area contributed by atoms with Gasteiger partial charge < -0.3 is 25.0 Å². The van der Waals surface area contributed by atoms with Gasteiger partial charge in [0.15, 0.2) is 5.96 Å². The van der Waals surface area contributed by atoms with Crippen molar-refractivity contribution in [1.29, 1.82) is 0 Å². The van der Waals surface area contributed by atoms with Crippen LogP contribution in [0.5, 0.6) is 0 Å². The van der Waals surface area contributed by atoms with E-state index < -0.39 is 0 Å². The van der Waals surface area contributed by atoms with Gasteiger partial charge in [0.05, 0.1) is 13.2 Å². The van der Waals surface area contributed by atoms with Crippen LogP contribution >= 0.6 is 24.0 Å². The Hall–Kier alpha value is -0.120. The summed E-state index contributed by atoms with van der Waals surface area (Å²) >= 11 is 0. The smallest absolute Gasteiger partial charge is 0.190 e. The van der Waals surface area contributed by atoms with E-state index in [1.54, 1.807) is 7.11 Å². The molecule has 7 heteroatoms. The Balaban J connectivity index is 0.00000400. The van der Waals surface area contributed by atoms with Crippen molar-refractivity contribution in [2.45, 2.75) is 12.8 Å². The maximum atomic E-state index is 5.41. The number of nitrogens with one attached hydrogen (secondary N) is 2. The van der Waals surface area contributed by atoms with Crippen molar-refractivity contribution in [3.8, 4) is 0 Å². The van der Waals surface area contributed by atoms with Crippen molar-refractivity contribution in [2.24, 2.45) is 10.9 Å². The van der Waals surface area contributed by atoms with Gasteiger partial charge in [-0.15, -0.1) is 24.0 Å². The predicted molar refractivity (Wildman–Crippen MR) is 97.7 cm³/mol. The molecule has 0 aromatic rings. The number of ether oxygens (including phenoxy) is 2. The number of methoxy groups -OCH3 is 1. The van der Waals surface area contributed by atoms with E-state index in [0.717, 1.165) is 38.0 Å². The SMILES string of the molecule is CN=C(NCCCOCCOC)NCC1CCN(C)C1.I. The molecular formula is C14H31IN4O2. The second kappa shape index (κ2) is 13.5. The molecule has 1 rings (SSSR count). The summed E-state index contributed by atoms with van der Waals surface area (Å²) in [6, 6.07) is 0. The molecule has 0 amide bonds. The zero-order valence-corrected chi connectivity index (χ0v) is 15.9. The predicted octanol–water partition coefficient (Wildman–Crippen LogP) is 0.774. The summed E-state index contributed by atoms with van der Waals surface area (Å²) in [6.45, 7) is 6.33. The lowest BCUT2D eigenvalue weighted by Gasteiger charge is -2.15. The van der Waals surface area contributed by atoms with Crippen LogP contribution < -0.4 is 10.6 Å². The molecule has 1 fully saturated rings. The molecule has 1 aliphatic rings. The highest BCUT2D eigenvalue weighted by Gasteiger charge is 2.19. The van der Waals surface area contributed by atoms with E-state index in [0.29, 0.717) is 13.2 Å². The van der Waals surface area contributed by atoms with Crippen LogP contribution in [0.2, 0.25) is 0 Å². The Kier molecular flexibility index (Phi) is 13.5. The van der Waals surface area contributed by atoms with E-state index in [2.05, 4.69) is 27.6 Å². The molecule has 0 saturated carbocycles. The molecule has 6 nitrogen and oxygen atoms in total. The lowest BCUT2D eigenvalue weighted by Crippen LogP contribution is -2.40. The molecule has 0 aliphatic carbocycles. The van der Waals surface area contributed by atoms with Gasteiger partial charge >= 0.3 is 0 Å². The van der Waals surface area contributed by atoms with E-state index >= 15 is 0 Å². The first-order chi connectivity index (χ1) is 9.76. The van der Waals surface area contributed by atoms with Crippen molar-refractivity contribution in [3.63, 3.8) is 0 Å². The topological polar surface area (TPSA) is 58.1 Å². The summed E-state index contributed by atoms with van der Waals surface area (Å²) in [5.74, 6) is 1.62. The summed E-state index contributed by atoms with van der Waals surface area (Å²) in [5.41, 5.74) is 0. The number of likely N-dealkylation sites (tertiary alicyclic amines) is 1. The minimum atomic E-state index is 0. The summed E-state index contributed by atoms with van der Waals surface area (Å²) in [4.78, 5) is 6.61. The molecule has 0 spiro atoms. The Morgan fingerprint density at radius 2 is 2.10 bits per heavy atom. The van der Waals surface area contributed by atoms with Gasteiger partial charge in [0.2, 0.25) is 0 Å². The van der Waals surface area contributed by atoms with Crippen molar-refractivity contribution >= 4 is 29.9 Å².